The van der Waals surface area contributed by atoms with Gasteiger partial charge < -0.3 is 10.4 Å². The van der Waals surface area contributed by atoms with Crippen molar-refractivity contribution in [1.29, 1.82) is 0 Å². The van der Waals surface area contributed by atoms with Crippen LogP contribution in [0.2, 0.25) is 0 Å². The van der Waals surface area contributed by atoms with Crippen molar-refractivity contribution in [3.05, 3.63) is 15.8 Å². The SMILES string of the molecule is Cc1nn(C(C)C)c(NC(CCO)C(C)C)c1[N+](=O)[O-]. The maximum absolute atomic E-state index is 11.3. The van der Waals surface area contributed by atoms with Crippen molar-refractivity contribution in [2.45, 2.75) is 53.1 Å². The number of hydrogen-bond acceptors (Lipinski definition) is 5. The Morgan fingerprint density at radius 2 is 2.00 bits per heavy atom. The number of aromatic nitrogens is 2. The summed E-state index contributed by atoms with van der Waals surface area (Å²) in [5.41, 5.74) is 0.417. The van der Waals surface area contributed by atoms with E-state index >= 15 is 0 Å². The number of nitrogens with zero attached hydrogens (tertiary/aromatic N) is 3. The monoisotopic (exact) mass is 284 g/mol. The molecule has 2 N–H and O–H groups in total. The fourth-order valence-corrected chi connectivity index (χ4v) is 2.15. The summed E-state index contributed by atoms with van der Waals surface area (Å²) in [6.45, 7) is 9.57. The van der Waals surface area contributed by atoms with Crippen molar-refractivity contribution in [1.82, 2.24) is 9.78 Å². The Hall–Kier alpha value is -1.63. The van der Waals surface area contributed by atoms with Crippen molar-refractivity contribution in [3.8, 4) is 0 Å². The van der Waals surface area contributed by atoms with Crippen LogP contribution in [0, 0.1) is 23.0 Å². The molecule has 1 aromatic rings. The van der Waals surface area contributed by atoms with Crippen molar-refractivity contribution in [2.24, 2.45) is 5.92 Å². The molecule has 0 aliphatic carbocycles. The molecule has 0 fully saturated rings. The van der Waals surface area contributed by atoms with Gasteiger partial charge in [0.05, 0.1) is 4.92 Å². The highest BCUT2D eigenvalue weighted by Gasteiger charge is 2.28. The second-order valence-electron chi connectivity index (χ2n) is 5.59. The van der Waals surface area contributed by atoms with E-state index in [0.29, 0.717) is 17.9 Å². The number of nitro groups is 1. The molecular weight excluding hydrogens is 260 g/mol. The van der Waals surface area contributed by atoms with Crippen molar-refractivity contribution < 1.29 is 10.0 Å². The molecular formula is C13H24N4O3. The summed E-state index contributed by atoms with van der Waals surface area (Å²) in [6, 6.07) is -0.0147. The van der Waals surface area contributed by atoms with Crippen LogP contribution in [-0.2, 0) is 0 Å². The Morgan fingerprint density at radius 3 is 2.40 bits per heavy atom. The maximum atomic E-state index is 11.3. The lowest BCUT2D eigenvalue weighted by Crippen LogP contribution is -2.28. The Labute approximate surface area is 119 Å². The van der Waals surface area contributed by atoms with Crippen LogP contribution in [-0.4, -0.2) is 32.5 Å². The van der Waals surface area contributed by atoms with E-state index in [0.717, 1.165) is 0 Å². The quantitative estimate of drug-likeness (QED) is 0.592. The second kappa shape index (κ2) is 6.69. The van der Waals surface area contributed by atoms with Gasteiger partial charge in [-0.3, -0.25) is 10.1 Å². The van der Waals surface area contributed by atoms with E-state index in [2.05, 4.69) is 10.4 Å². The van der Waals surface area contributed by atoms with Crippen LogP contribution in [0.4, 0.5) is 11.5 Å². The Balaban J connectivity index is 3.22. The zero-order valence-electron chi connectivity index (χ0n) is 12.8. The summed E-state index contributed by atoms with van der Waals surface area (Å²) in [5, 5.41) is 27.8. The number of aliphatic hydroxyl groups is 1. The fourth-order valence-electron chi connectivity index (χ4n) is 2.15. The topological polar surface area (TPSA) is 93.2 Å². The predicted molar refractivity (Wildman–Crippen MR) is 78.0 cm³/mol. The summed E-state index contributed by atoms with van der Waals surface area (Å²) in [5.74, 6) is 0.673. The summed E-state index contributed by atoms with van der Waals surface area (Å²) < 4.78 is 1.64. The average molecular weight is 284 g/mol. The van der Waals surface area contributed by atoms with Gasteiger partial charge in [0, 0.05) is 18.7 Å². The molecule has 0 amide bonds. The molecule has 0 saturated heterocycles. The van der Waals surface area contributed by atoms with E-state index in [9.17, 15) is 10.1 Å². The molecule has 0 aliphatic heterocycles. The number of hydrogen-bond donors (Lipinski definition) is 2. The fraction of sp³-hybridized carbons (Fsp3) is 0.769. The molecule has 1 unspecified atom stereocenters. The maximum Gasteiger partial charge on any atom is 0.333 e. The highest BCUT2D eigenvalue weighted by molar-refractivity contribution is 5.60. The minimum atomic E-state index is -0.403. The molecule has 20 heavy (non-hydrogen) atoms. The summed E-state index contributed by atoms with van der Waals surface area (Å²) in [4.78, 5) is 10.8. The van der Waals surface area contributed by atoms with Gasteiger partial charge in [0.2, 0.25) is 5.82 Å². The third kappa shape index (κ3) is 3.47. The molecule has 1 heterocycles. The van der Waals surface area contributed by atoms with Crippen LogP contribution < -0.4 is 5.32 Å². The minimum absolute atomic E-state index is 0.0160. The minimum Gasteiger partial charge on any atom is -0.396 e. The molecule has 114 valence electrons. The van der Waals surface area contributed by atoms with Crippen LogP contribution >= 0.6 is 0 Å². The van der Waals surface area contributed by atoms with Gasteiger partial charge in [-0.2, -0.15) is 5.10 Å². The van der Waals surface area contributed by atoms with Gasteiger partial charge in [-0.15, -0.1) is 0 Å². The number of anilines is 1. The van der Waals surface area contributed by atoms with Crippen molar-refractivity contribution >= 4 is 11.5 Å². The molecule has 0 radical (unpaired) electrons. The van der Waals surface area contributed by atoms with Crippen molar-refractivity contribution in [2.75, 3.05) is 11.9 Å². The number of nitrogens with one attached hydrogen (secondary N) is 1. The Kier molecular flexibility index (Phi) is 5.50. The van der Waals surface area contributed by atoms with E-state index in [1.54, 1.807) is 11.6 Å². The third-order valence-electron chi connectivity index (χ3n) is 3.29. The van der Waals surface area contributed by atoms with E-state index in [4.69, 9.17) is 5.11 Å². The molecule has 7 nitrogen and oxygen atoms in total. The Bertz CT molecular complexity index is 468. The smallest absolute Gasteiger partial charge is 0.333 e. The van der Waals surface area contributed by atoms with Crippen LogP contribution in [0.15, 0.2) is 0 Å². The van der Waals surface area contributed by atoms with E-state index in [-0.39, 0.29) is 30.3 Å². The first kappa shape index (κ1) is 16.4. The largest absolute Gasteiger partial charge is 0.396 e. The molecule has 0 aromatic carbocycles. The Morgan fingerprint density at radius 1 is 1.40 bits per heavy atom. The summed E-state index contributed by atoms with van der Waals surface area (Å²) >= 11 is 0. The van der Waals surface area contributed by atoms with E-state index < -0.39 is 4.92 Å². The zero-order valence-corrected chi connectivity index (χ0v) is 12.8. The summed E-state index contributed by atoms with van der Waals surface area (Å²) in [6.07, 6.45) is 0.539. The zero-order chi connectivity index (χ0) is 15.4. The van der Waals surface area contributed by atoms with Gasteiger partial charge in [-0.1, -0.05) is 13.8 Å². The number of rotatable bonds is 7. The first-order valence-corrected chi connectivity index (χ1v) is 6.90. The van der Waals surface area contributed by atoms with Crippen LogP contribution in [0.3, 0.4) is 0 Å². The first-order chi connectivity index (χ1) is 9.29. The normalized spacial score (nSPS) is 13.0. The van der Waals surface area contributed by atoms with Crippen LogP contribution in [0.1, 0.15) is 45.9 Å². The second-order valence-corrected chi connectivity index (χ2v) is 5.59. The molecule has 0 aliphatic rings. The number of aryl methyl sites for hydroxylation is 1. The molecule has 0 bridgehead atoms. The standard InChI is InChI=1S/C13H24N4O3/c1-8(2)11(6-7-18)14-13-12(17(19)20)10(5)15-16(13)9(3)4/h8-9,11,14,18H,6-7H2,1-5H3. The first-order valence-electron chi connectivity index (χ1n) is 6.90. The lowest BCUT2D eigenvalue weighted by molar-refractivity contribution is -0.384. The number of aliphatic hydroxyl groups excluding tert-OH is 1. The molecule has 1 aromatic heterocycles. The molecule has 7 heteroatoms. The highest BCUT2D eigenvalue weighted by Crippen LogP contribution is 2.32. The van der Waals surface area contributed by atoms with Crippen LogP contribution in [0.5, 0.6) is 0 Å². The van der Waals surface area contributed by atoms with E-state index in [1.165, 1.54) is 0 Å². The molecule has 1 rings (SSSR count). The average Bonchev–Trinajstić information content (AvgIpc) is 2.65. The highest BCUT2D eigenvalue weighted by atomic mass is 16.6. The lowest BCUT2D eigenvalue weighted by Gasteiger charge is -2.23. The van der Waals surface area contributed by atoms with Gasteiger partial charge in [-0.05, 0) is 33.1 Å². The van der Waals surface area contributed by atoms with Gasteiger partial charge in [-0.25, -0.2) is 4.68 Å². The predicted octanol–water partition coefficient (Wildman–Crippen LogP) is 2.50. The molecule has 1 atom stereocenters. The molecule has 0 saturated carbocycles. The molecule has 0 spiro atoms. The third-order valence-corrected chi connectivity index (χ3v) is 3.29. The van der Waals surface area contributed by atoms with Gasteiger partial charge in [0.15, 0.2) is 0 Å². The van der Waals surface area contributed by atoms with Gasteiger partial charge >= 0.3 is 5.69 Å². The lowest BCUT2D eigenvalue weighted by atomic mass is 10.0. The van der Waals surface area contributed by atoms with E-state index in [1.807, 2.05) is 27.7 Å². The van der Waals surface area contributed by atoms with Gasteiger partial charge in [0.1, 0.15) is 5.69 Å². The van der Waals surface area contributed by atoms with Gasteiger partial charge in [0.25, 0.3) is 0 Å². The summed E-state index contributed by atoms with van der Waals surface area (Å²) in [7, 11) is 0. The van der Waals surface area contributed by atoms with Crippen LogP contribution in [0.25, 0.3) is 0 Å². The van der Waals surface area contributed by atoms with Crippen molar-refractivity contribution in [3.63, 3.8) is 0 Å².